The number of hydrogen-bond donors (Lipinski definition) is 1. The Labute approximate surface area is 112 Å². The topological polar surface area (TPSA) is 68.4 Å². The smallest absolute Gasteiger partial charge is 0.411 e. The van der Waals surface area contributed by atoms with Crippen molar-refractivity contribution in [2.45, 2.75) is 12.6 Å². The van der Waals surface area contributed by atoms with Crippen molar-refractivity contribution < 1.29 is 27.5 Å². The van der Waals surface area contributed by atoms with Crippen LogP contribution in [-0.4, -0.2) is 34.6 Å². The first-order chi connectivity index (χ1) is 9.46. The molecule has 0 bridgehead atoms. The molecule has 5 nitrogen and oxygen atoms in total. The summed E-state index contributed by atoms with van der Waals surface area (Å²) < 4.78 is 44.9. The van der Waals surface area contributed by atoms with E-state index in [1.807, 2.05) is 0 Å². The van der Waals surface area contributed by atoms with E-state index in [2.05, 4.69) is 14.9 Å². The summed E-state index contributed by atoms with van der Waals surface area (Å²) in [7, 11) is 0. The summed E-state index contributed by atoms with van der Waals surface area (Å²) in [5, 5.41) is 13.2. The number of alkyl halides is 3. The molecule has 2 rings (SSSR count). The van der Waals surface area contributed by atoms with E-state index in [9.17, 15) is 18.3 Å². The number of halogens is 3. The first-order valence-electron chi connectivity index (χ1n) is 5.71. The summed E-state index contributed by atoms with van der Waals surface area (Å²) in [6.45, 7) is -1.48. The number of benzene rings is 1. The maximum absolute atomic E-state index is 11.8. The van der Waals surface area contributed by atoms with E-state index in [1.165, 1.54) is 6.07 Å². The molecule has 0 unspecified atom stereocenters. The Morgan fingerprint density at radius 2 is 2.00 bits per heavy atom. The molecule has 0 fully saturated rings. The van der Waals surface area contributed by atoms with Gasteiger partial charge in [-0.3, -0.25) is 0 Å². The van der Waals surface area contributed by atoms with Gasteiger partial charge in [0.2, 0.25) is 0 Å². The lowest BCUT2D eigenvalue weighted by molar-refractivity contribution is -0.173. The molecule has 0 aliphatic carbocycles. The van der Waals surface area contributed by atoms with Crippen molar-refractivity contribution in [3.05, 3.63) is 30.1 Å². The molecule has 0 saturated heterocycles. The molecule has 8 heteroatoms. The number of phenols is 1. The summed E-state index contributed by atoms with van der Waals surface area (Å²) in [4.78, 5) is 3.98. The SMILES string of the molecule is Oc1ccccc1-c1nc(CCOCC(F)(F)F)no1. The van der Waals surface area contributed by atoms with E-state index < -0.39 is 12.8 Å². The fourth-order valence-electron chi connectivity index (χ4n) is 1.47. The predicted octanol–water partition coefficient (Wildman–Crippen LogP) is 2.56. The molecule has 0 spiro atoms. The van der Waals surface area contributed by atoms with Crippen molar-refractivity contribution in [2.75, 3.05) is 13.2 Å². The number of phenolic OH excluding ortho intramolecular Hbond substituents is 1. The van der Waals surface area contributed by atoms with Gasteiger partial charge in [-0.15, -0.1) is 0 Å². The van der Waals surface area contributed by atoms with Crippen molar-refractivity contribution >= 4 is 0 Å². The maximum atomic E-state index is 11.8. The zero-order chi connectivity index (χ0) is 14.6. The van der Waals surface area contributed by atoms with Crippen LogP contribution >= 0.6 is 0 Å². The fraction of sp³-hybridized carbons (Fsp3) is 0.333. The van der Waals surface area contributed by atoms with Crippen molar-refractivity contribution in [1.82, 2.24) is 10.1 Å². The zero-order valence-electron chi connectivity index (χ0n) is 10.2. The van der Waals surface area contributed by atoms with Gasteiger partial charge in [-0.25, -0.2) is 0 Å². The summed E-state index contributed by atoms with van der Waals surface area (Å²) >= 11 is 0. The molecule has 0 atom stereocenters. The average Bonchev–Trinajstić information content (AvgIpc) is 2.83. The van der Waals surface area contributed by atoms with Gasteiger partial charge in [0, 0.05) is 6.42 Å². The van der Waals surface area contributed by atoms with Crippen LogP contribution in [0.15, 0.2) is 28.8 Å². The van der Waals surface area contributed by atoms with Gasteiger partial charge < -0.3 is 14.4 Å². The van der Waals surface area contributed by atoms with Crippen molar-refractivity contribution in [1.29, 1.82) is 0 Å². The van der Waals surface area contributed by atoms with Crippen molar-refractivity contribution in [3.63, 3.8) is 0 Å². The number of aromatic nitrogens is 2. The highest BCUT2D eigenvalue weighted by Gasteiger charge is 2.27. The van der Waals surface area contributed by atoms with Crippen LogP contribution in [0.2, 0.25) is 0 Å². The maximum Gasteiger partial charge on any atom is 0.411 e. The summed E-state index contributed by atoms with van der Waals surface area (Å²) in [5.41, 5.74) is 0.363. The molecule has 20 heavy (non-hydrogen) atoms. The Balaban J connectivity index is 1.92. The minimum absolute atomic E-state index is 0.0176. The predicted molar refractivity (Wildman–Crippen MR) is 62.0 cm³/mol. The molecule has 1 aromatic carbocycles. The van der Waals surface area contributed by atoms with Crippen molar-refractivity contribution in [2.24, 2.45) is 0 Å². The molecular formula is C12H11F3N2O3. The zero-order valence-corrected chi connectivity index (χ0v) is 10.2. The lowest BCUT2D eigenvalue weighted by Crippen LogP contribution is -2.18. The second-order valence-corrected chi connectivity index (χ2v) is 3.95. The number of nitrogens with zero attached hydrogens (tertiary/aromatic N) is 2. The highest BCUT2D eigenvalue weighted by molar-refractivity contribution is 5.61. The Morgan fingerprint density at radius 1 is 1.25 bits per heavy atom. The monoisotopic (exact) mass is 288 g/mol. The van der Waals surface area contributed by atoms with Crippen LogP contribution in [0.3, 0.4) is 0 Å². The van der Waals surface area contributed by atoms with Crippen LogP contribution in [0.5, 0.6) is 5.75 Å². The molecule has 1 heterocycles. The minimum atomic E-state index is -4.35. The molecule has 0 aliphatic heterocycles. The highest BCUT2D eigenvalue weighted by Crippen LogP contribution is 2.26. The highest BCUT2D eigenvalue weighted by atomic mass is 19.4. The normalized spacial score (nSPS) is 11.8. The lowest BCUT2D eigenvalue weighted by Gasteiger charge is -2.05. The second-order valence-electron chi connectivity index (χ2n) is 3.95. The third-order valence-electron chi connectivity index (χ3n) is 2.34. The van der Waals surface area contributed by atoms with E-state index in [-0.39, 0.29) is 30.5 Å². The van der Waals surface area contributed by atoms with E-state index in [0.717, 1.165) is 0 Å². The van der Waals surface area contributed by atoms with Gasteiger partial charge in [-0.1, -0.05) is 17.3 Å². The van der Waals surface area contributed by atoms with Crippen LogP contribution < -0.4 is 0 Å². The number of hydrogen-bond acceptors (Lipinski definition) is 5. The van der Waals surface area contributed by atoms with Gasteiger partial charge in [0.15, 0.2) is 5.82 Å². The fourth-order valence-corrected chi connectivity index (χ4v) is 1.47. The van der Waals surface area contributed by atoms with Gasteiger partial charge in [0.25, 0.3) is 5.89 Å². The van der Waals surface area contributed by atoms with E-state index >= 15 is 0 Å². The van der Waals surface area contributed by atoms with Crippen LogP contribution in [-0.2, 0) is 11.2 Å². The van der Waals surface area contributed by atoms with Crippen LogP contribution in [0.4, 0.5) is 13.2 Å². The second kappa shape index (κ2) is 5.91. The first kappa shape index (κ1) is 14.3. The minimum Gasteiger partial charge on any atom is -0.507 e. The average molecular weight is 288 g/mol. The van der Waals surface area contributed by atoms with Gasteiger partial charge >= 0.3 is 6.18 Å². The van der Waals surface area contributed by atoms with Crippen LogP contribution in [0.25, 0.3) is 11.5 Å². The van der Waals surface area contributed by atoms with Gasteiger partial charge in [0.1, 0.15) is 12.4 Å². The molecule has 0 radical (unpaired) electrons. The molecular weight excluding hydrogens is 277 g/mol. The Kier molecular flexibility index (Phi) is 4.23. The van der Waals surface area contributed by atoms with Gasteiger partial charge in [-0.2, -0.15) is 18.2 Å². The standard InChI is InChI=1S/C12H11F3N2O3/c13-12(14,15)7-19-6-5-10-16-11(20-17-10)8-3-1-2-4-9(8)18/h1-4,18H,5-7H2. The lowest BCUT2D eigenvalue weighted by atomic mass is 10.2. The van der Waals surface area contributed by atoms with E-state index in [1.54, 1.807) is 18.2 Å². The van der Waals surface area contributed by atoms with Gasteiger partial charge in [-0.05, 0) is 12.1 Å². The number of para-hydroxylation sites is 1. The Morgan fingerprint density at radius 3 is 2.70 bits per heavy atom. The Hall–Kier alpha value is -2.09. The largest absolute Gasteiger partial charge is 0.507 e. The number of ether oxygens (including phenoxy) is 1. The summed E-state index contributed by atoms with van der Waals surface area (Å²) in [6.07, 6.45) is -4.26. The van der Waals surface area contributed by atoms with E-state index in [0.29, 0.717) is 5.56 Å². The third-order valence-corrected chi connectivity index (χ3v) is 2.34. The van der Waals surface area contributed by atoms with Crippen LogP contribution in [0, 0.1) is 0 Å². The van der Waals surface area contributed by atoms with Crippen LogP contribution in [0.1, 0.15) is 5.82 Å². The summed E-state index contributed by atoms with van der Waals surface area (Å²) in [5.74, 6) is 0.301. The quantitative estimate of drug-likeness (QED) is 0.856. The molecule has 0 saturated carbocycles. The van der Waals surface area contributed by atoms with Crippen molar-refractivity contribution in [3.8, 4) is 17.2 Å². The molecule has 1 N–H and O–H groups in total. The molecule has 2 aromatic rings. The molecule has 108 valence electrons. The molecule has 0 amide bonds. The van der Waals surface area contributed by atoms with E-state index in [4.69, 9.17) is 4.52 Å². The Bertz CT molecular complexity index is 569. The first-order valence-corrected chi connectivity index (χ1v) is 5.71. The number of aromatic hydroxyl groups is 1. The van der Waals surface area contributed by atoms with Gasteiger partial charge in [0.05, 0.1) is 12.2 Å². The third kappa shape index (κ3) is 3.95. The number of rotatable bonds is 5. The molecule has 0 aliphatic rings. The molecule has 1 aromatic heterocycles. The summed E-state index contributed by atoms with van der Waals surface area (Å²) in [6, 6.07) is 6.38.